The lowest BCUT2D eigenvalue weighted by Gasteiger charge is -2.08. The summed E-state index contributed by atoms with van der Waals surface area (Å²) in [4.78, 5) is 12.7. The summed E-state index contributed by atoms with van der Waals surface area (Å²) in [6.45, 7) is 4.15. The maximum atomic E-state index is 13.2. The predicted molar refractivity (Wildman–Crippen MR) is 123 cm³/mol. The van der Waals surface area contributed by atoms with Crippen molar-refractivity contribution < 1.29 is 17.9 Å². The lowest BCUT2D eigenvalue weighted by atomic mass is 10.1. The number of esters is 1. The van der Waals surface area contributed by atoms with Gasteiger partial charge in [-0.25, -0.2) is 13.2 Å². The molecule has 0 spiro atoms. The molecule has 0 saturated heterocycles. The minimum Gasteiger partial charge on any atom is -0.461 e. The molecule has 0 saturated carbocycles. The molecule has 0 aliphatic carbocycles. The van der Waals surface area contributed by atoms with E-state index in [2.05, 4.69) is 6.92 Å². The van der Waals surface area contributed by atoms with E-state index in [-0.39, 0.29) is 22.9 Å². The van der Waals surface area contributed by atoms with E-state index in [1.54, 1.807) is 30.7 Å². The van der Waals surface area contributed by atoms with Crippen LogP contribution in [0.25, 0.3) is 10.9 Å². The van der Waals surface area contributed by atoms with Gasteiger partial charge in [-0.15, -0.1) is 0 Å². The summed E-state index contributed by atoms with van der Waals surface area (Å²) in [7, 11) is -1.87. The van der Waals surface area contributed by atoms with Crippen molar-refractivity contribution in [1.82, 2.24) is 4.57 Å². The molecule has 168 valence electrons. The van der Waals surface area contributed by atoms with Crippen LogP contribution >= 0.6 is 0 Å². The highest BCUT2D eigenvalue weighted by atomic mass is 32.2. The van der Waals surface area contributed by atoms with Gasteiger partial charge in [0.2, 0.25) is 0 Å². The van der Waals surface area contributed by atoms with Crippen molar-refractivity contribution in [1.29, 1.82) is 0 Å². The Hall–Kier alpha value is -1.82. The Morgan fingerprint density at radius 1 is 0.900 bits per heavy atom. The first-order chi connectivity index (χ1) is 14.4. The maximum Gasteiger partial charge on any atom is 0.356 e. The zero-order valence-corrected chi connectivity index (χ0v) is 19.6. The standard InChI is InChI=1S/C24H37NO4S/c1-4-6-7-8-9-10-11-12-13-16-19-30(27,28)23-20-17-14-15-18-21(20)25(3)22(23)24(26)29-5-2/h14-15,17-18H,4-13,16,19H2,1-3H3. The fraction of sp³-hybridized carbons (Fsp3) is 0.625. The van der Waals surface area contributed by atoms with Gasteiger partial charge in [0.25, 0.3) is 0 Å². The number of rotatable bonds is 14. The minimum atomic E-state index is -3.59. The van der Waals surface area contributed by atoms with Crippen LogP contribution in [0.3, 0.4) is 0 Å². The zero-order chi connectivity index (χ0) is 22.0. The molecular weight excluding hydrogens is 398 g/mol. The molecule has 1 aromatic heterocycles. The van der Waals surface area contributed by atoms with Crippen molar-refractivity contribution in [2.75, 3.05) is 12.4 Å². The summed E-state index contributed by atoms with van der Waals surface area (Å²) in [5, 5.41) is 0.593. The van der Waals surface area contributed by atoms with Crippen LogP contribution in [0, 0.1) is 0 Å². The molecule has 1 heterocycles. The highest BCUT2D eigenvalue weighted by molar-refractivity contribution is 7.91. The average molecular weight is 436 g/mol. The van der Waals surface area contributed by atoms with Crippen LogP contribution in [0.5, 0.6) is 0 Å². The highest BCUT2D eigenvalue weighted by Gasteiger charge is 2.30. The number of unbranched alkanes of at least 4 members (excludes halogenated alkanes) is 9. The monoisotopic (exact) mass is 435 g/mol. The van der Waals surface area contributed by atoms with Crippen LogP contribution in [0.4, 0.5) is 0 Å². The van der Waals surface area contributed by atoms with E-state index in [1.807, 2.05) is 12.1 Å². The van der Waals surface area contributed by atoms with Crippen molar-refractivity contribution in [2.24, 2.45) is 7.05 Å². The van der Waals surface area contributed by atoms with Crippen molar-refractivity contribution in [3.63, 3.8) is 0 Å². The van der Waals surface area contributed by atoms with Crippen LogP contribution in [-0.4, -0.2) is 31.3 Å². The second kappa shape index (κ2) is 12.1. The number of nitrogens with zero attached hydrogens (tertiary/aromatic N) is 1. The maximum absolute atomic E-state index is 13.2. The molecule has 0 N–H and O–H groups in total. The summed E-state index contributed by atoms with van der Waals surface area (Å²) in [5.41, 5.74) is 0.854. The Balaban J connectivity index is 2.00. The fourth-order valence-electron chi connectivity index (χ4n) is 3.98. The van der Waals surface area contributed by atoms with Gasteiger partial charge in [0.05, 0.1) is 12.4 Å². The van der Waals surface area contributed by atoms with E-state index in [1.165, 1.54) is 38.5 Å². The van der Waals surface area contributed by atoms with E-state index in [9.17, 15) is 13.2 Å². The number of sulfone groups is 1. The van der Waals surface area contributed by atoms with Gasteiger partial charge in [-0.2, -0.15) is 0 Å². The van der Waals surface area contributed by atoms with Gasteiger partial charge in [-0.05, 0) is 19.4 Å². The first kappa shape index (κ1) is 24.4. The number of fused-ring (bicyclic) bond motifs is 1. The predicted octanol–water partition coefficient (Wildman–Crippen LogP) is 6.05. The molecule has 0 aliphatic rings. The van der Waals surface area contributed by atoms with Crippen molar-refractivity contribution in [3.8, 4) is 0 Å². The van der Waals surface area contributed by atoms with Gasteiger partial charge in [0.15, 0.2) is 9.84 Å². The van der Waals surface area contributed by atoms with E-state index in [0.717, 1.165) is 24.8 Å². The number of ether oxygens (including phenoxy) is 1. The lowest BCUT2D eigenvalue weighted by molar-refractivity contribution is 0.0511. The minimum absolute atomic E-state index is 0.0594. The highest BCUT2D eigenvalue weighted by Crippen LogP contribution is 2.31. The van der Waals surface area contributed by atoms with E-state index < -0.39 is 15.8 Å². The normalized spacial score (nSPS) is 11.8. The SMILES string of the molecule is CCCCCCCCCCCCS(=O)(=O)c1c(C(=O)OCC)n(C)c2ccccc12. The molecule has 0 aliphatic heterocycles. The first-order valence-corrected chi connectivity index (χ1v) is 13.1. The number of hydrogen-bond acceptors (Lipinski definition) is 4. The Morgan fingerprint density at radius 2 is 1.47 bits per heavy atom. The van der Waals surface area contributed by atoms with E-state index in [4.69, 9.17) is 4.74 Å². The van der Waals surface area contributed by atoms with Gasteiger partial charge < -0.3 is 9.30 Å². The molecule has 1 aromatic carbocycles. The molecule has 0 atom stereocenters. The van der Waals surface area contributed by atoms with Gasteiger partial charge >= 0.3 is 5.97 Å². The smallest absolute Gasteiger partial charge is 0.356 e. The van der Waals surface area contributed by atoms with Crippen molar-refractivity contribution in [2.45, 2.75) is 83.0 Å². The number of benzene rings is 1. The lowest BCUT2D eigenvalue weighted by Crippen LogP contribution is -2.16. The molecule has 0 unspecified atom stereocenters. The Labute approximate surface area is 181 Å². The van der Waals surface area contributed by atoms with Gasteiger partial charge in [-0.3, -0.25) is 0 Å². The molecule has 2 aromatic rings. The largest absolute Gasteiger partial charge is 0.461 e. The third kappa shape index (κ3) is 6.34. The number of carbonyl (C=O) groups excluding carboxylic acids is 1. The molecule has 0 amide bonds. The van der Waals surface area contributed by atoms with Crippen LogP contribution in [-0.2, 0) is 21.6 Å². The van der Waals surface area contributed by atoms with Crippen LogP contribution in [0.1, 0.15) is 88.5 Å². The molecule has 30 heavy (non-hydrogen) atoms. The number of aryl methyl sites for hydroxylation is 1. The number of carbonyl (C=O) groups is 1. The quantitative estimate of drug-likeness (QED) is 0.268. The second-order valence-electron chi connectivity index (χ2n) is 7.98. The Bertz CT molecular complexity index is 915. The summed E-state index contributed by atoms with van der Waals surface area (Å²) >= 11 is 0. The van der Waals surface area contributed by atoms with Gasteiger partial charge in [-0.1, -0.05) is 82.9 Å². The molecule has 0 fully saturated rings. The van der Waals surface area contributed by atoms with E-state index in [0.29, 0.717) is 11.8 Å². The van der Waals surface area contributed by atoms with Gasteiger partial charge in [0, 0.05) is 18.0 Å². The second-order valence-corrected chi connectivity index (χ2v) is 10.0. The summed E-state index contributed by atoms with van der Waals surface area (Å²) < 4.78 is 33.2. The Morgan fingerprint density at radius 3 is 2.07 bits per heavy atom. The van der Waals surface area contributed by atoms with Crippen LogP contribution in [0.15, 0.2) is 29.2 Å². The average Bonchev–Trinajstić information content (AvgIpc) is 3.03. The van der Waals surface area contributed by atoms with Crippen molar-refractivity contribution >= 4 is 26.7 Å². The van der Waals surface area contributed by atoms with Crippen LogP contribution < -0.4 is 0 Å². The Kier molecular flexibility index (Phi) is 9.89. The summed E-state index contributed by atoms with van der Waals surface area (Å²) in [6, 6.07) is 7.24. The molecule has 2 rings (SSSR count). The zero-order valence-electron chi connectivity index (χ0n) is 18.8. The molecular formula is C24H37NO4S. The third-order valence-electron chi connectivity index (χ3n) is 5.61. The third-order valence-corrected chi connectivity index (χ3v) is 7.47. The molecule has 0 radical (unpaired) electrons. The van der Waals surface area contributed by atoms with E-state index >= 15 is 0 Å². The molecule has 6 heteroatoms. The van der Waals surface area contributed by atoms with Crippen LogP contribution in [0.2, 0.25) is 0 Å². The molecule has 0 bridgehead atoms. The topological polar surface area (TPSA) is 65.4 Å². The fourth-order valence-corrected chi connectivity index (χ4v) is 5.79. The van der Waals surface area contributed by atoms with Gasteiger partial charge in [0.1, 0.15) is 10.6 Å². The summed E-state index contributed by atoms with van der Waals surface area (Å²) in [5.74, 6) is -0.526. The first-order valence-electron chi connectivity index (χ1n) is 11.4. The number of aromatic nitrogens is 1. The molecule has 5 nitrogen and oxygen atoms in total. The number of para-hydroxylation sites is 1. The van der Waals surface area contributed by atoms with Crippen molar-refractivity contribution in [3.05, 3.63) is 30.0 Å². The summed E-state index contributed by atoms with van der Waals surface area (Å²) in [6.07, 6.45) is 11.4. The number of hydrogen-bond donors (Lipinski definition) is 0.